The van der Waals surface area contributed by atoms with E-state index in [4.69, 9.17) is 28.5 Å². The van der Waals surface area contributed by atoms with Crippen LogP contribution in [-0.4, -0.2) is 24.8 Å². The molecule has 0 spiro atoms. The largest absolute Gasteiger partial charge is 0.383 e. The van der Waals surface area contributed by atoms with Crippen molar-refractivity contribution in [3.63, 3.8) is 0 Å². The van der Waals surface area contributed by atoms with Gasteiger partial charge < -0.3 is 4.90 Å². The summed E-state index contributed by atoms with van der Waals surface area (Å²) in [6.45, 7) is 1.58. The Labute approximate surface area is 120 Å². The zero-order valence-corrected chi connectivity index (χ0v) is 12.1. The minimum atomic E-state index is -0.844. The Bertz CT molecular complexity index is 604. The summed E-state index contributed by atoms with van der Waals surface area (Å²) in [5, 5.41) is 8.38. The topological polar surface area (TPSA) is 44.1 Å². The number of halogens is 3. The monoisotopic (exact) mass is 300 g/mol. The number of ketones is 1. The third-order valence-corrected chi connectivity index (χ3v) is 3.08. The highest BCUT2D eigenvalue weighted by Crippen LogP contribution is 2.31. The van der Waals surface area contributed by atoms with Crippen molar-refractivity contribution in [3.8, 4) is 6.07 Å². The van der Waals surface area contributed by atoms with Crippen LogP contribution in [0.1, 0.15) is 22.8 Å². The number of nitriles is 1. The van der Waals surface area contributed by atoms with Gasteiger partial charge in [-0.1, -0.05) is 23.2 Å². The van der Waals surface area contributed by atoms with Crippen LogP contribution < -0.4 is 0 Å². The van der Waals surface area contributed by atoms with Crippen LogP contribution in [0.5, 0.6) is 0 Å². The molecule has 0 bridgehead atoms. The number of hydrogen-bond acceptors (Lipinski definition) is 3. The van der Waals surface area contributed by atoms with E-state index in [1.807, 2.05) is 0 Å². The molecule has 0 aliphatic carbocycles. The molecule has 1 aromatic carbocycles. The lowest BCUT2D eigenvalue weighted by molar-refractivity contribution is 0.103. The van der Waals surface area contributed by atoms with Crippen LogP contribution in [0, 0.1) is 17.1 Å². The molecular weight excluding hydrogens is 290 g/mol. The van der Waals surface area contributed by atoms with Gasteiger partial charge in [-0.05, 0) is 13.0 Å². The van der Waals surface area contributed by atoms with E-state index in [1.54, 1.807) is 38.2 Å². The number of benzene rings is 1. The summed E-state index contributed by atoms with van der Waals surface area (Å²) >= 11 is 11.5. The second kappa shape index (κ2) is 6.05. The number of carbonyl (C=O) groups is 1. The minimum Gasteiger partial charge on any atom is -0.383 e. The van der Waals surface area contributed by atoms with E-state index in [1.165, 1.54) is 0 Å². The number of Topliss-reactive ketones (excluding diaryl/α,β-unsaturated/α-hetero) is 1. The van der Waals surface area contributed by atoms with Gasteiger partial charge in [0.15, 0.2) is 5.78 Å². The van der Waals surface area contributed by atoms with Crippen molar-refractivity contribution in [2.24, 2.45) is 0 Å². The van der Waals surface area contributed by atoms with E-state index in [-0.39, 0.29) is 21.2 Å². The third kappa shape index (κ3) is 3.25. The van der Waals surface area contributed by atoms with Crippen molar-refractivity contribution >= 4 is 29.0 Å². The standard InChI is InChI=1S/C13H11Cl2FN2O/c1-7(6-18(2)3)13(19)8-4-10(16)12(15)9(5-17)11(8)14/h4,6H,1-3H3/b7-6+. The first kappa shape index (κ1) is 15.5. The van der Waals surface area contributed by atoms with Gasteiger partial charge >= 0.3 is 0 Å². The Morgan fingerprint density at radius 2 is 2.00 bits per heavy atom. The summed E-state index contributed by atoms with van der Waals surface area (Å²) in [5.74, 6) is -1.30. The second-order valence-corrected chi connectivity index (χ2v) is 4.88. The van der Waals surface area contributed by atoms with Gasteiger partial charge in [0.25, 0.3) is 0 Å². The lowest BCUT2D eigenvalue weighted by Crippen LogP contribution is -2.09. The summed E-state index contributed by atoms with van der Waals surface area (Å²) in [6, 6.07) is 2.64. The fourth-order valence-electron chi connectivity index (χ4n) is 1.53. The van der Waals surface area contributed by atoms with E-state index in [0.29, 0.717) is 5.57 Å². The molecule has 19 heavy (non-hydrogen) atoms. The molecule has 3 nitrogen and oxygen atoms in total. The maximum absolute atomic E-state index is 13.6. The molecule has 6 heteroatoms. The highest BCUT2D eigenvalue weighted by atomic mass is 35.5. The quantitative estimate of drug-likeness (QED) is 0.486. The van der Waals surface area contributed by atoms with E-state index < -0.39 is 11.6 Å². The first-order chi connectivity index (χ1) is 8.79. The van der Waals surface area contributed by atoms with Gasteiger partial charge in [0.1, 0.15) is 11.9 Å². The van der Waals surface area contributed by atoms with Crippen LogP contribution in [0.15, 0.2) is 17.8 Å². The minimum absolute atomic E-state index is 0.0734. The molecule has 0 aliphatic rings. The molecule has 0 radical (unpaired) electrons. The van der Waals surface area contributed by atoms with Crippen molar-refractivity contribution in [2.45, 2.75) is 6.92 Å². The van der Waals surface area contributed by atoms with Gasteiger partial charge in [-0.25, -0.2) is 4.39 Å². The number of nitrogens with zero attached hydrogens (tertiary/aromatic N) is 2. The zero-order valence-electron chi connectivity index (χ0n) is 10.6. The summed E-state index contributed by atoms with van der Waals surface area (Å²) in [4.78, 5) is 13.8. The first-order valence-electron chi connectivity index (χ1n) is 5.26. The third-order valence-electron chi connectivity index (χ3n) is 2.32. The Balaban J connectivity index is 3.42. The van der Waals surface area contributed by atoms with E-state index in [2.05, 4.69) is 0 Å². The van der Waals surface area contributed by atoms with Crippen LogP contribution in [0.3, 0.4) is 0 Å². The number of carbonyl (C=O) groups excluding carboxylic acids is 1. The Morgan fingerprint density at radius 1 is 1.42 bits per heavy atom. The molecule has 0 aromatic heterocycles. The van der Waals surface area contributed by atoms with Gasteiger partial charge in [-0.2, -0.15) is 5.26 Å². The first-order valence-corrected chi connectivity index (χ1v) is 6.02. The highest BCUT2D eigenvalue weighted by molar-refractivity contribution is 6.39. The van der Waals surface area contributed by atoms with Crippen LogP contribution >= 0.6 is 23.2 Å². The lowest BCUT2D eigenvalue weighted by atomic mass is 10.0. The predicted octanol–water partition coefficient (Wildman–Crippen LogP) is 3.65. The zero-order chi connectivity index (χ0) is 14.7. The lowest BCUT2D eigenvalue weighted by Gasteiger charge is -2.10. The van der Waals surface area contributed by atoms with E-state index in [9.17, 15) is 9.18 Å². The Hall–Kier alpha value is -1.57. The molecule has 1 rings (SSSR count). The van der Waals surface area contributed by atoms with Gasteiger partial charge in [0.2, 0.25) is 0 Å². The van der Waals surface area contributed by atoms with Gasteiger partial charge in [-0.15, -0.1) is 0 Å². The van der Waals surface area contributed by atoms with Crippen molar-refractivity contribution in [2.75, 3.05) is 14.1 Å². The molecular formula is C13H11Cl2FN2O. The number of rotatable bonds is 3. The predicted molar refractivity (Wildman–Crippen MR) is 72.9 cm³/mol. The SMILES string of the molecule is C/C(=C\N(C)C)C(=O)c1cc(F)c(Cl)c(C#N)c1Cl. The van der Waals surface area contributed by atoms with Crippen molar-refractivity contribution in [1.82, 2.24) is 4.90 Å². The Morgan fingerprint density at radius 3 is 2.47 bits per heavy atom. The molecule has 0 saturated heterocycles. The number of allylic oxidation sites excluding steroid dienone is 1. The normalized spacial score (nSPS) is 11.1. The average molecular weight is 301 g/mol. The molecule has 0 saturated carbocycles. The molecule has 1 aromatic rings. The van der Waals surface area contributed by atoms with Crippen molar-refractivity contribution < 1.29 is 9.18 Å². The Kier molecular flexibility index (Phi) is 4.93. The molecule has 0 heterocycles. The van der Waals surface area contributed by atoms with Gasteiger partial charge in [-0.3, -0.25) is 4.79 Å². The molecule has 0 N–H and O–H groups in total. The highest BCUT2D eigenvalue weighted by Gasteiger charge is 2.21. The maximum Gasteiger partial charge on any atom is 0.191 e. The van der Waals surface area contributed by atoms with Gasteiger partial charge in [0.05, 0.1) is 15.6 Å². The summed E-state index contributed by atoms with van der Waals surface area (Å²) in [7, 11) is 3.50. The van der Waals surface area contributed by atoms with Gasteiger partial charge in [0, 0.05) is 31.4 Å². The van der Waals surface area contributed by atoms with Crippen molar-refractivity contribution in [1.29, 1.82) is 5.26 Å². The smallest absolute Gasteiger partial charge is 0.191 e. The number of hydrogen-bond donors (Lipinski definition) is 0. The summed E-state index contributed by atoms with van der Waals surface area (Å²) < 4.78 is 13.6. The maximum atomic E-state index is 13.6. The van der Waals surface area contributed by atoms with Crippen LogP contribution in [0.2, 0.25) is 10.0 Å². The second-order valence-electron chi connectivity index (χ2n) is 4.13. The molecule has 0 fully saturated rings. The molecule has 0 atom stereocenters. The van der Waals surface area contributed by atoms with Crippen LogP contribution in [0.4, 0.5) is 4.39 Å². The van der Waals surface area contributed by atoms with E-state index >= 15 is 0 Å². The molecule has 0 amide bonds. The molecule has 0 aliphatic heterocycles. The molecule has 100 valence electrons. The van der Waals surface area contributed by atoms with Crippen LogP contribution in [-0.2, 0) is 0 Å². The van der Waals surface area contributed by atoms with Crippen LogP contribution in [0.25, 0.3) is 0 Å². The molecule has 0 unspecified atom stereocenters. The van der Waals surface area contributed by atoms with E-state index in [0.717, 1.165) is 6.07 Å². The fraction of sp³-hybridized carbons (Fsp3) is 0.231. The summed E-state index contributed by atoms with van der Waals surface area (Å²) in [5.41, 5.74) is 0.0672. The fourth-order valence-corrected chi connectivity index (χ4v) is 2.04. The summed E-state index contributed by atoms with van der Waals surface area (Å²) in [6.07, 6.45) is 1.58. The van der Waals surface area contributed by atoms with Crippen molar-refractivity contribution in [3.05, 3.63) is 44.8 Å². The average Bonchev–Trinajstić information content (AvgIpc) is 2.33.